The van der Waals surface area contributed by atoms with Crippen LogP contribution in [0.2, 0.25) is 10.0 Å². The van der Waals surface area contributed by atoms with Crippen LogP contribution in [0.15, 0.2) is 18.2 Å². The van der Waals surface area contributed by atoms with Crippen molar-refractivity contribution in [3.63, 3.8) is 0 Å². The number of ether oxygens (including phenoxy) is 1. The summed E-state index contributed by atoms with van der Waals surface area (Å²) in [4.78, 5) is 22.0. The molecule has 8 heteroatoms. The van der Waals surface area contributed by atoms with Crippen molar-refractivity contribution in [3.05, 3.63) is 28.2 Å². The van der Waals surface area contributed by atoms with Gasteiger partial charge < -0.3 is 20.3 Å². The van der Waals surface area contributed by atoms with E-state index >= 15 is 0 Å². The third-order valence-corrected chi connectivity index (χ3v) is 2.85. The molecule has 0 saturated heterocycles. The highest BCUT2D eigenvalue weighted by Gasteiger charge is 2.19. The second kappa shape index (κ2) is 7.33. The number of amides is 1. The molecule has 1 aromatic carbocycles. The van der Waals surface area contributed by atoms with Crippen LogP contribution in [0.1, 0.15) is 6.92 Å². The van der Waals surface area contributed by atoms with Gasteiger partial charge in [-0.05, 0) is 25.1 Å². The maximum atomic E-state index is 11.6. The molecule has 0 radical (unpaired) electrons. The number of aliphatic hydroxyl groups is 1. The lowest BCUT2D eigenvalue weighted by atomic mass is 10.3. The van der Waals surface area contributed by atoms with Gasteiger partial charge >= 0.3 is 5.97 Å². The van der Waals surface area contributed by atoms with Crippen LogP contribution in [0.4, 0.5) is 0 Å². The molecule has 110 valence electrons. The number of benzene rings is 1. The normalized spacial score (nSPS) is 13.4. The van der Waals surface area contributed by atoms with E-state index in [2.05, 4.69) is 5.32 Å². The lowest BCUT2D eigenvalue weighted by molar-refractivity contribution is -0.146. The van der Waals surface area contributed by atoms with Gasteiger partial charge in [-0.3, -0.25) is 4.79 Å². The van der Waals surface area contributed by atoms with Crippen LogP contribution in [0, 0.1) is 0 Å². The Labute approximate surface area is 125 Å². The molecular weight excluding hydrogens is 309 g/mol. The number of aliphatic hydroxyl groups excluding tert-OH is 1. The summed E-state index contributed by atoms with van der Waals surface area (Å²) in [7, 11) is 0. The molecule has 0 aliphatic carbocycles. The maximum Gasteiger partial charge on any atom is 0.334 e. The van der Waals surface area contributed by atoms with Crippen molar-refractivity contribution in [2.45, 2.75) is 19.1 Å². The first-order valence-corrected chi connectivity index (χ1v) is 6.37. The Bertz CT molecular complexity index is 509. The van der Waals surface area contributed by atoms with Gasteiger partial charge in [0.2, 0.25) is 0 Å². The Morgan fingerprint density at radius 2 is 2.05 bits per heavy atom. The molecule has 0 aliphatic rings. The van der Waals surface area contributed by atoms with Crippen LogP contribution in [-0.2, 0) is 9.59 Å². The van der Waals surface area contributed by atoms with Gasteiger partial charge in [0.25, 0.3) is 5.91 Å². The van der Waals surface area contributed by atoms with Gasteiger partial charge in [0.1, 0.15) is 5.75 Å². The minimum absolute atomic E-state index is 0.253. The smallest absolute Gasteiger partial charge is 0.334 e. The summed E-state index contributed by atoms with van der Waals surface area (Å²) in [5.41, 5.74) is 0. The molecule has 2 atom stereocenters. The lowest BCUT2D eigenvalue weighted by Crippen LogP contribution is -2.42. The van der Waals surface area contributed by atoms with Crippen molar-refractivity contribution >= 4 is 35.1 Å². The number of hydrogen-bond donors (Lipinski definition) is 3. The van der Waals surface area contributed by atoms with Gasteiger partial charge in [0.05, 0.1) is 11.6 Å². The average Bonchev–Trinajstić information content (AvgIpc) is 2.38. The zero-order valence-corrected chi connectivity index (χ0v) is 12.0. The molecule has 0 heterocycles. The summed E-state index contributed by atoms with van der Waals surface area (Å²) in [5.74, 6) is -1.71. The van der Waals surface area contributed by atoms with E-state index in [9.17, 15) is 9.59 Å². The fourth-order valence-electron chi connectivity index (χ4n) is 1.24. The third kappa shape index (κ3) is 4.88. The fraction of sp³-hybridized carbons (Fsp3) is 0.333. The lowest BCUT2D eigenvalue weighted by Gasteiger charge is -2.16. The highest BCUT2D eigenvalue weighted by molar-refractivity contribution is 6.35. The molecule has 0 bridgehead atoms. The first-order chi connectivity index (χ1) is 9.31. The van der Waals surface area contributed by atoms with Gasteiger partial charge in [0, 0.05) is 5.02 Å². The minimum Gasteiger partial charge on any atom is -0.479 e. The average molecular weight is 322 g/mol. The monoisotopic (exact) mass is 321 g/mol. The molecule has 1 aromatic rings. The molecule has 3 N–H and O–H groups in total. The minimum atomic E-state index is -1.66. The summed E-state index contributed by atoms with van der Waals surface area (Å²) in [6.45, 7) is 1.06. The second-order valence-electron chi connectivity index (χ2n) is 3.93. The van der Waals surface area contributed by atoms with E-state index in [1.807, 2.05) is 0 Å². The molecule has 6 nitrogen and oxygen atoms in total. The van der Waals surface area contributed by atoms with Gasteiger partial charge in [-0.2, -0.15) is 0 Å². The molecular formula is C12H13Cl2NO5. The number of aliphatic carboxylic acids is 1. The number of carboxylic acid groups (broad SMARTS) is 1. The number of hydrogen-bond acceptors (Lipinski definition) is 4. The second-order valence-corrected chi connectivity index (χ2v) is 4.78. The zero-order chi connectivity index (χ0) is 15.3. The summed E-state index contributed by atoms with van der Waals surface area (Å²) in [5, 5.41) is 20.4. The van der Waals surface area contributed by atoms with Gasteiger partial charge in [-0.25, -0.2) is 4.79 Å². The fourth-order valence-corrected chi connectivity index (χ4v) is 1.70. The molecule has 0 spiro atoms. The quantitative estimate of drug-likeness (QED) is 0.734. The van der Waals surface area contributed by atoms with E-state index in [1.165, 1.54) is 19.1 Å². The zero-order valence-electron chi connectivity index (χ0n) is 10.5. The van der Waals surface area contributed by atoms with Crippen LogP contribution in [0.5, 0.6) is 5.75 Å². The largest absolute Gasteiger partial charge is 0.479 e. The maximum absolute atomic E-state index is 11.6. The van der Waals surface area contributed by atoms with E-state index in [0.29, 0.717) is 5.02 Å². The summed E-state index contributed by atoms with van der Waals surface area (Å²) in [6, 6.07) is 4.54. The molecule has 0 aromatic heterocycles. The first-order valence-electron chi connectivity index (χ1n) is 5.61. The van der Waals surface area contributed by atoms with Crippen LogP contribution >= 0.6 is 23.2 Å². The molecule has 20 heavy (non-hydrogen) atoms. The Balaban J connectivity index is 2.55. The van der Waals surface area contributed by atoms with Gasteiger partial charge in [-0.1, -0.05) is 23.2 Å². The van der Waals surface area contributed by atoms with E-state index < -0.39 is 30.6 Å². The molecule has 0 saturated carbocycles. The van der Waals surface area contributed by atoms with Crippen molar-refractivity contribution in [2.75, 3.05) is 6.54 Å². The summed E-state index contributed by atoms with van der Waals surface area (Å²) < 4.78 is 5.32. The highest BCUT2D eigenvalue weighted by Crippen LogP contribution is 2.28. The number of halogens is 2. The van der Waals surface area contributed by atoms with Crippen LogP contribution in [-0.4, -0.2) is 40.8 Å². The van der Waals surface area contributed by atoms with Crippen molar-refractivity contribution in [1.29, 1.82) is 0 Å². The van der Waals surface area contributed by atoms with Crippen LogP contribution in [0.3, 0.4) is 0 Å². The van der Waals surface area contributed by atoms with Crippen molar-refractivity contribution < 1.29 is 24.5 Å². The van der Waals surface area contributed by atoms with E-state index in [-0.39, 0.29) is 10.8 Å². The Hall–Kier alpha value is -1.50. The highest BCUT2D eigenvalue weighted by atomic mass is 35.5. The van der Waals surface area contributed by atoms with Gasteiger partial charge in [-0.15, -0.1) is 0 Å². The number of carboxylic acids is 1. The summed E-state index contributed by atoms with van der Waals surface area (Å²) in [6.07, 6.45) is -2.57. The van der Waals surface area contributed by atoms with Crippen molar-refractivity contribution in [3.8, 4) is 5.75 Å². The Kier molecular flexibility index (Phi) is 6.06. The summed E-state index contributed by atoms with van der Waals surface area (Å²) >= 11 is 11.6. The molecule has 0 aliphatic heterocycles. The number of rotatable bonds is 6. The molecule has 0 fully saturated rings. The van der Waals surface area contributed by atoms with E-state index in [1.54, 1.807) is 6.07 Å². The number of carbonyl (C=O) groups excluding carboxylic acids is 1. The first kappa shape index (κ1) is 16.6. The number of nitrogens with one attached hydrogen (secondary N) is 1. The van der Waals surface area contributed by atoms with E-state index in [0.717, 1.165) is 0 Å². The van der Waals surface area contributed by atoms with Gasteiger partial charge in [0.15, 0.2) is 12.2 Å². The predicted molar refractivity (Wildman–Crippen MR) is 73.2 cm³/mol. The van der Waals surface area contributed by atoms with Crippen LogP contribution < -0.4 is 10.1 Å². The predicted octanol–water partition coefficient (Wildman–Crippen LogP) is 1.32. The topological polar surface area (TPSA) is 95.9 Å². The Morgan fingerprint density at radius 1 is 1.40 bits per heavy atom. The van der Waals surface area contributed by atoms with E-state index in [4.69, 9.17) is 38.2 Å². The Morgan fingerprint density at radius 3 is 2.60 bits per heavy atom. The molecule has 1 unspecified atom stereocenters. The molecule has 1 rings (SSSR count). The third-order valence-electron chi connectivity index (χ3n) is 2.32. The van der Waals surface area contributed by atoms with Crippen molar-refractivity contribution in [2.24, 2.45) is 0 Å². The standard InChI is InChI=1S/C12H13Cl2NO5/c1-6(11(17)15-5-9(16)12(18)19)20-10-3-2-7(13)4-8(10)14/h2-4,6,9,16H,5H2,1H3,(H,15,17)(H,18,19)/t6?,9-/m0/s1. The van der Waals surface area contributed by atoms with Crippen molar-refractivity contribution in [1.82, 2.24) is 5.32 Å². The SMILES string of the molecule is CC(Oc1ccc(Cl)cc1Cl)C(=O)NC[C@H](O)C(=O)O. The molecule has 1 amide bonds. The van der Waals surface area contributed by atoms with Crippen LogP contribution in [0.25, 0.3) is 0 Å². The number of carbonyl (C=O) groups is 2.